The highest BCUT2D eigenvalue weighted by molar-refractivity contribution is 5.91. The molecule has 1 unspecified atom stereocenters. The third kappa shape index (κ3) is 3.17. The van der Waals surface area contributed by atoms with E-state index >= 15 is 0 Å². The van der Waals surface area contributed by atoms with Crippen molar-refractivity contribution in [1.82, 2.24) is 24.6 Å². The van der Waals surface area contributed by atoms with Gasteiger partial charge in [-0.1, -0.05) is 0 Å². The number of nitrogens with zero attached hydrogens (tertiary/aromatic N) is 5. The summed E-state index contributed by atoms with van der Waals surface area (Å²) in [5.74, 6) is 2.53. The number of rotatable bonds is 4. The summed E-state index contributed by atoms with van der Waals surface area (Å²) in [4.78, 5) is 18.5. The number of furan rings is 1. The Labute approximate surface area is 150 Å². The summed E-state index contributed by atoms with van der Waals surface area (Å²) in [5, 5.41) is 8.55. The van der Waals surface area contributed by atoms with Crippen molar-refractivity contribution in [2.45, 2.75) is 32.5 Å². The van der Waals surface area contributed by atoms with Crippen molar-refractivity contribution in [3.8, 4) is 5.75 Å². The van der Waals surface area contributed by atoms with Crippen LogP contribution in [0.4, 0.5) is 0 Å². The molecule has 0 fully saturated rings. The normalized spacial score (nSPS) is 16.8. The molecule has 0 saturated carbocycles. The molecule has 3 aromatic rings. The van der Waals surface area contributed by atoms with E-state index in [1.165, 1.54) is 6.26 Å². The Morgan fingerprint density at radius 3 is 3.00 bits per heavy atom. The fraction of sp³-hybridized carbons (Fsp3) is 0.333. The van der Waals surface area contributed by atoms with Gasteiger partial charge in [0, 0.05) is 31.7 Å². The van der Waals surface area contributed by atoms with E-state index in [1.807, 2.05) is 28.5 Å². The predicted octanol–water partition coefficient (Wildman–Crippen LogP) is 1.93. The molecule has 26 heavy (non-hydrogen) atoms. The molecule has 0 aromatic carbocycles. The monoisotopic (exact) mass is 353 g/mol. The molecule has 4 heterocycles. The Morgan fingerprint density at radius 1 is 1.31 bits per heavy atom. The summed E-state index contributed by atoms with van der Waals surface area (Å²) in [6.07, 6.45) is 5.50. The van der Waals surface area contributed by atoms with Gasteiger partial charge in [-0.3, -0.25) is 9.78 Å². The first-order chi connectivity index (χ1) is 12.7. The molecule has 8 nitrogen and oxygen atoms in total. The lowest BCUT2D eigenvalue weighted by molar-refractivity contribution is 0.0662. The Balaban J connectivity index is 1.48. The molecule has 0 aliphatic carbocycles. The summed E-state index contributed by atoms with van der Waals surface area (Å²) < 4.78 is 13.0. The first kappa shape index (κ1) is 16.3. The molecule has 0 radical (unpaired) electrons. The van der Waals surface area contributed by atoms with Crippen LogP contribution >= 0.6 is 0 Å². The minimum absolute atomic E-state index is 0.00476. The Bertz CT molecular complexity index is 876. The Hall–Kier alpha value is -3.16. The predicted molar refractivity (Wildman–Crippen MR) is 91.5 cm³/mol. The standard InChI is InChI=1S/C18H19N5O3/c1-13-10-16-20-21-17(12-26-14-4-2-6-19-11-14)23(16)8-7-22(13)18(24)15-5-3-9-25-15/h2-6,9,11,13H,7-8,10,12H2,1H3. The van der Waals surface area contributed by atoms with E-state index < -0.39 is 0 Å². The van der Waals surface area contributed by atoms with Crippen molar-refractivity contribution in [2.24, 2.45) is 0 Å². The number of fused-ring (bicyclic) bond motifs is 1. The number of hydrogen-bond acceptors (Lipinski definition) is 6. The number of amides is 1. The molecule has 0 N–H and O–H groups in total. The van der Waals surface area contributed by atoms with Gasteiger partial charge in [0.15, 0.2) is 11.6 Å². The zero-order chi connectivity index (χ0) is 17.9. The van der Waals surface area contributed by atoms with Gasteiger partial charge in [-0.2, -0.15) is 0 Å². The Morgan fingerprint density at radius 2 is 2.23 bits per heavy atom. The van der Waals surface area contributed by atoms with E-state index in [0.29, 0.717) is 37.6 Å². The fourth-order valence-corrected chi connectivity index (χ4v) is 3.11. The van der Waals surface area contributed by atoms with Crippen molar-refractivity contribution in [2.75, 3.05) is 6.54 Å². The SMILES string of the molecule is CC1Cc2nnc(COc3cccnc3)n2CCN1C(=O)c1ccco1. The molecule has 0 bridgehead atoms. The van der Waals surface area contributed by atoms with E-state index in [-0.39, 0.29) is 11.9 Å². The molecule has 0 saturated heterocycles. The third-order valence-corrected chi connectivity index (χ3v) is 4.47. The summed E-state index contributed by atoms with van der Waals surface area (Å²) in [5.41, 5.74) is 0. The third-order valence-electron chi connectivity index (χ3n) is 4.47. The summed E-state index contributed by atoms with van der Waals surface area (Å²) in [6, 6.07) is 7.08. The molecule has 134 valence electrons. The fourth-order valence-electron chi connectivity index (χ4n) is 3.11. The second kappa shape index (κ2) is 6.99. The minimum atomic E-state index is -0.102. The first-order valence-electron chi connectivity index (χ1n) is 8.50. The van der Waals surface area contributed by atoms with Crippen LogP contribution in [0.1, 0.15) is 29.1 Å². The van der Waals surface area contributed by atoms with Crippen LogP contribution in [-0.2, 0) is 19.6 Å². The van der Waals surface area contributed by atoms with E-state index in [2.05, 4.69) is 15.2 Å². The van der Waals surface area contributed by atoms with Gasteiger partial charge in [0.25, 0.3) is 5.91 Å². The van der Waals surface area contributed by atoms with Crippen molar-refractivity contribution in [1.29, 1.82) is 0 Å². The summed E-state index contributed by atoms with van der Waals surface area (Å²) >= 11 is 0. The van der Waals surface area contributed by atoms with Gasteiger partial charge in [-0.25, -0.2) is 0 Å². The summed E-state index contributed by atoms with van der Waals surface area (Å²) in [6.45, 7) is 3.49. The van der Waals surface area contributed by atoms with Gasteiger partial charge < -0.3 is 18.6 Å². The van der Waals surface area contributed by atoms with Crippen molar-refractivity contribution >= 4 is 5.91 Å². The molecule has 1 aliphatic heterocycles. The highest BCUT2D eigenvalue weighted by Crippen LogP contribution is 2.18. The van der Waals surface area contributed by atoms with Crippen LogP contribution < -0.4 is 4.74 Å². The minimum Gasteiger partial charge on any atom is -0.484 e. The highest BCUT2D eigenvalue weighted by Gasteiger charge is 2.29. The van der Waals surface area contributed by atoms with Crippen LogP contribution in [0.15, 0.2) is 47.3 Å². The zero-order valence-corrected chi connectivity index (χ0v) is 14.4. The summed E-state index contributed by atoms with van der Waals surface area (Å²) in [7, 11) is 0. The van der Waals surface area contributed by atoms with Gasteiger partial charge >= 0.3 is 0 Å². The maximum absolute atomic E-state index is 12.6. The average Bonchev–Trinajstić information content (AvgIpc) is 3.28. The molecule has 0 spiro atoms. The largest absolute Gasteiger partial charge is 0.484 e. The second-order valence-corrected chi connectivity index (χ2v) is 6.19. The quantitative estimate of drug-likeness (QED) is 0.712. The molecule has 1 atom stereocenters. The molecule has 8 heteroatoms. The number of ether oxygens (including phenoxy) is 1. The molecule has 1 amide bonds. The first-order valence-corrected chi connectivity index (χ1v) is 8.50. The van der Waals surface area contributed by atoms with Crippen LogP contribution in [0.2, 0.25) is 0 Å². The molecular formula is C18H19N5O3. The highest BCUT2D eigenvalue weighted by atomic mass is 16.5. The molecule has 1 aliphatic rings. The van der Waals surface area contributed by atoms with Gasteiger partial charge in [0.1, 0.15) is 18.2 Å². The molecular weight excluding hydrogens is 334 g/mol. The van der Waals surface area contributed by atoms with E-state index in [4.69, 9.17) is 9.15 Å². The number of hydrogen-bond donors (Lipinski definition) is 0. The molecule has 3 aromatic heterocycles. The van der Waals surface area contributed by atoms with E-state index in [0.717, 1.165) is 11.6 Å². The van der Waals surface area contributed by atoms with Crippen molar-refractivity contribution in [3.63, 3.8) is 0 Å². The lowest BCUT2D eigenvalue weighted by Crippen LogP contribution is -2.40. The van der Waals surface area contributed by atoms with E-state index in [1.54, 1.807) is 24.5 Å². The number of carbonyl (C=O) groups is 1. The zero-order valence-electron chi connectivity index (χ0n) is 14.4. The average molecular weight is 353 g/mol. The second-order valence-electron chi connectivity index (χ2n) is 6.19. The maximum atomic E-state index is 12.6. The number of carbonyl (C=O) groups excluding carboxylic acids is 1. The molecule has 4 rings (SSSR count). The van der Waals surface area contributed by atoms with Crippen LogP contribution in [0.25, 0.3) is 0 Å². The topological polar surface area (TPSA) is 86.3 Å². The van der Waals surface area contributed by atoms with Crippen LogP contribution in [0, 0.1) is 0 Å². The lowest BCUT2D eigenvalue weighted by Gasteiger charge is -2.25. The maximum Gasteiger partial charge on any atom is 0.289 e. The number of pyridine rings is 1. The van der Waals surface area contributed by atoms with E-state index in [9.17, 15) is 4.79 Å². The Kier molecular flexibility index (Phi) is 4.39. The van der Waals surface area contributed by atoms with Crippen LogP contribution in [0.3, 0.4) is 0 Å². The van der Waals surface area contributed by atoms with Gasteiger partial charge in [-0.05, 0) is 31.2 Å². The van der Waals surface area contributed by atoms with Crippen molar-refractivity contribution in [3.05, 3.63) is 60.3 Å². The van der Waals surface area contributed by atoms with Crippen LogP contribution in [-0.4, -0.2) is 43.1 Å². The van der Waals surface area contributed by atoms with Gasteiger partial charge in [-0.15, -0.1) is 10.2 Å². The lowest BCUT2D eigenvalue weighted by atomic mass is 10.2. The van der Waals surface area contributed by atoms with Crippen molar-refractivity contribution < 1.29 is 13.9 Å². The van der Waals surface area contributed by atoms with Gasteiger partial charge in [0.05, 0.1) is 12.5 Å². The number of aromatic nitrogens is 4. The smallest absolute Gasteiger partial charge is 0.289 e. The van der Waals surface area contributed by atoms with Crippen LogP contribution in [0.5, 0.6) is 5.75 Å². The van der Waals surface area contributed by atoms with Gasteiger partial charge in [0.2, 0.25) is 0 Å².